The second kappa shape index (κ2) is 36.0. The summed E-state index contributed by atoms with van der Waals surface area (Å²) in [5.74, 6) is 0. The zero-order valence-corrected chi connectivity index (χ0v) is 79.5. The van der Waals surface area contributed by atoms with Crippen molar-refractivity contribution in [3.05, 3.63) is 280 Å². The van der Waals surface area contributed by atoms with Gasteiger partial charge in [-0.1, -0.05) is 133 Å². The molecule has 0 N–H and O–H groups in total. The molecule has 14 aromatic heterocycles. The van der Waals surface area contributed by atoms with Gasteiger partial charge in [-0.3, -0.25) is 0 Å². The van der Waals surface area contributed by atoms with Crippen molar-refractivity contribution in [3.63, 3.8) is 0 Å². The summed E-state index contributed by atoms with van der Waals surface area (Å²) in [6.07, 6.45) is 22.2. The third-order valence-electron chi connectivity index (χ3n) is 24.0. The second-order valence-electron chi connectivity index (χ2n) is 32.0. The highest BCUT2D eigenvalue weighted by Crippen LogP contribution is 2.43. The number of benzene rings is 7. The van der Waals surface area contributed by atoms with E-state index in [4.69, 9.17) is 0 Å². The molecular weight excluding hydrogens is 1600 g/mol. The smallest absolute Gasteiger partial charge is 0.236 e. The van der Waals surface area contributed by atoms with Crippen molar-refractivity contribution in [2.45, 2.75) is 149 Å². The average Bonchev–Trinajstić information content (AvgIpc) is 1.71. The molecule has 0 radical (unpaired) electrons. The summed E-state index contributed by atoms with van der Waals surface area (Å²) in [7, 11) is 14.8. The Morgan fingerprint density at radius 3 is 1.09 bits per heavy atom. The zero-order valence-electron chi connectivity index (χ0n) is 73.8. The first-order chi connectivity index (χ1) is 57.9. The lowest BCUT2D eigenvalue weighted by molar-refractivity contribution is -0.680. The van der Waals surface area contributed by atoms with E-state index in [1.807, 2.05) is 92.0 Å². The maximum atomic E-state index is 4.59. The molecule has 21 aromatic rings. The SMILES string of the molecule is CCc1c2sc3c(C)c(C)ccc3c2cc[n+]1C.CCc1c2sc3c(C)cccc3c2cc[n+]1C.CCc1c2sc3c(C)cccc3c2nc[n+]1C.CCc1c2sc3cc(C)ccc3c2cc[n+]1C.CCc1c2sc3cc(C)ccc3c2nc[n+]1C.CCc1c2sc3ccc(C)cc3c2cc[n+]1C.CCc1c2sc3cccc(C)c3c2cc[n+]1C. The number of nitrogens with zero attached hydrogens (tertiary/aromatic N) is 9. The molecule has 0 aliphatic rings. The highest BCUT2D eigenvalue weighted by molar-refractivity contribution is 7.28. The lowest BCUT2D eigenvalue weighted by Crippen LogP contribution is -2.33. The van der Waals surface area contributed by atoms with Crippen LogP contribution in [-0.2, 0) is 94.3 Å². The Morgan fingerprint density at radius 1 is 0.233 bits per heavy atom. The van der Waals surface area contributed by atoms with Crippen LogP contribution in [0.4, 0.5) is 0 Å². The van der Waals surface area contributed by atoms with Crippen molar-refractivity contribution in [3.8, 4) is 0 Å². The molecule has 0 bridgehead atoms. The van der Waals surface area contributed by atoms with Gasteiger partial charge < -0.3 is 0 Å². The highest BCUT2D eigenvalue weighted by atomic mass is 32.1. The molecular formula is C104H112N9S7+7. The maximum Gasteiger partial charge on any atom is 0.286 e. The van der Waals surface area contributed by atoms with E-state index < -0.39 is 0 Å². The average molecular weight is 1710 g/mol. The molecule has 0 aliphatic carbocycles. The van der Waals surface area contributed by atoms with E-state index in [1.54, 1.807) is 0 Å². The predicted octanol–water partition coefficient (Wildman–Crippen LogP) is 25.3. The van der Waals surface area contributed by atoms with Gasteiger partial charge in [0.25, 0.3) is 12.7 Å². The van der Waals surface area contributed by atoms with E-state index in [9.17, 15) is 0 Å². The van der Waals surface area contributed by atoms with Crippen LogP contribution in [0.1, 0.15) is 133 Å². The number of hydrogen-bond donors (Lipinski definition) is 0. The Labute approximate surface area is 734 Å². The Hall–Kier alpha value is -10.0. The summed E-state index contributed by atoms with van der Waals surface area (Å²) < 4.78 is 35.2. The molecule has 16 heteroatoms. The first-order valence-electron chi connectivity index (χ1n) is 42.2. The van der Waals surface area contributed by atoms with Gasteiger partial charge in [-0.2, -0.15) is 0 Å². The molecule has 0 saturated heterocycles. The molecule has 0 amide bonds. The lowest BCUT2D eigenvalue weighted by Gasteiger charge is -2.00. The minimum absolute atomic E-state index is 1.04. The van der Waals surface area contributed by atoms with Crippen molar-refractivity contribution in [1.82, 2.24) is 9.97 Å². The molecule has 0 spiro atoms. The van der Waals surface area contributed by atoms with Gasteiger partial charge in [0.1, 0.15) is 79.5 Å². The zero-order chi connectivity index (χ0) is 84.8. The summed E-state index contributed by atoms with van der Waals surface area (Å²) in [5, 5.41) is 16.7. The molecule has 0 atom stereocenters. The van der Waals surface area contributed by atoms with Gasteiger partial charge in [-0.05, 0) is 147 Å². The number of hydrogen-bond acceptors (Lipinski definition) is 9. The Balaban J connectivity index is 0.000000109. The molecule has 0 unspecified atom stereocenters. The van der Waals surface area contributed by atoms with Crippen LogP contribution in [0.3, 0.4) is 0 Å². The van der Waals surface area contributed by atoms with Crippen LogP contribution in [0, 0.1) is 55.4 Å². The van der Waals surface area contributed by atoms with Gasteiger partial charge >= 0.3 is 0 Å². The first kappa shape index (κ1) is 85.0. The minimum atomic E-state index is 1.04. The summed E-state index contributed by atoms with van der Waals surface area (Å²) >= 11 is 13.4. The molecule has 14 heterocycles. The van der Waals surface area contributed by atoms with Crippen molar-refractivity contribution in [2.75, 3.05) is 0 Å². The maximum absolute atomic E-state index is 4.59. The number of aryl methyl sites for hydroxylation is 22. The van der Waals surface area contributed by atoms with Crippen molar-refractivity contribution in [1.29, 1.82) is 0 Å². The van der Waals surface area contributed by atoms with Crippen molar-refractivity contribution >= 4 is 221 Å². The third-order valence-corrected chi connectivity index (χ3v) is 33.0. The van der Waals surface area contributed by atoms with Gasteiger partial charge in [0.15, 0.2) is 59.5 Å². The molecule has 9 nitrogen and oxygen atoms in total. The van der Waals surface area contributed by atoms with Gasteiger partial charge in [0, 0.05) is 173 Å². The summed E-state index contributed by atoms with van der Waals surface area (Å²) in [4.78, 5) is 9.17. The van der Waals surface area contributed by atoms with Crippen LogP contribution < -0.4 is 32.0 Å². The van der Waals surface area contributed by atoms with E-state index in [2.05, 4.69) is 378 Å². The van der Waals surface area contributed by atoms with Crippen molar-refractivity contribution < 1.29 is 32.0 Å². The number of aromatic nitrogens is 9. The van der Waals surface area contributed by atoms with Crippen LogP contribution in [0.5, 0.6) is 0 Å². The molecule has 0 fully saturated rings. The predicted molar refractivity (Wildman–Crippen MR) is 523 cm³/mol. The molecule has 120 heavy (non-hydrogen) atoms. The van der Waals surface area contributed by atoms with E-state index in [0.717, 1.165) is 56.0 Å². The molecule has 0 saturated carbocycles. The fraction of sp³-hybridized carbons (Fsp3) is 0.279. The van der Waals surface area contributed by atoms with Crippen LogP contribution in [-0.4, -0.2) is 9.97 Å². The number of pyridine rings is 5. The normalized spacial score (nSPS) is 11.5. The van der Waals surface area contributed by atoms with Gasteiger partial charge in [-0.15, -0.1) is 79.4 Å². The number of thiophene rings is 7. The first-order valence-corrected chi connectivity index (χ1v) is 47.9. The standard InChI is InChI=1S/C16H18NS.4C15H16NS.2C14H15N2S/c1-5-14-16-13(8-9-17(14)4)12-7-6-10(2)11(3)15(12)18-16;1-4-13-15-11(7-8-16(13)3)12-9-10(2)5-6-14(12)17-15;1-4-13-15-12(7-8-16(13)3)11-6-5-10(2)9-14(11)17-15;1-4-12-15-11(8-9-16(12)3)14-10(2)6-5-7-13(14)17-15;1-4-13-15-12(8-9-16(13)3)11-7-5-6-10(2)14(11)17-15;1-4-11-14-13(15-8-16(11)3)10-6-5-9(2)7-12(10)17-14;1-4-11-14-12(15-8-16(11)3)10-7-5-6-9(2)13(10)17-14/h6-9H,5H2,1-4H3;4*5-9H,4H2,1-3H3;2*5-8H,4H2,1-3H3/q7*+1. The second-order valence-corrected chi connectivity index (χ2v) is 39.2. The molecule has 7 aromatic carbocycles. The monoisotopic (exact) mass is 1710 g/mol. The van der Waals surface area contributed by atoms with Gasteiger partial charge in [0.05, 0.1) is 14.1 Å². The van der Waals surface area contributed by atoms with E-state index in [1.165, 1.54) is 215 Å². The van der Waals surface area contributed by atoms with Crippen LogP contribution >= 0.6 is 79.4 Å². The fourth-order valence-corrected chi connectivity index (χ4v) is 27.2. The minimum Gasteiger partial charge on any atom is -0.236 e. The van der Waals surface area contributed by atoms with Gasteiger partial charge in [0.2, 0.25) is 11.0 Å². The number of fused-ring (bicyclic) bond motifs is 21. The Bertz CT molecular complexity index is 7190. The van der Waals surface area contributed by atoms with Gasteiger partial charge in [-0.25, -0.2) is 32.0 Å². The van der Waals surface area contributed by atoms with E-state index in [0.29, 0.717) is 0 Å². The molecule has 21 rings (SSSR count). The Morgan fingerprint density at radius 2 is 0.567 bits per heavy atom. The van der Waals surface area contributed by atoms with Crippen LogP contribution in [0.2, 0.25) is 0 Å². The van der Waals surface area contributed by atoms with E-state index in [-0.39, 0.29) is 0 Å². The largest absolute Gasteiger partial charge is 0.286 e. The van der Waals surface area contributed by atoms with Crippen LogP contribution in [0.15, 0.2) is 195 Å². The number of rotatable bonds is 7. The van der Waals surface area contributed by atoms with Crippen LogP contribution in [0.25, 0.3) is 141 Å². The fourth-order valence-electron chi connectivity index (χ4n) is 17.3. The summed E-state index contributed by atoms with van der Waals surface area (Å²) in [6.45, 7) is 33.0. The third kappa shape index (κ3) is 16.1. The summed E-state index contributed by atoms with van der Waals surface area (Å²) in [6, 6.07) is 55.5. The Kier molecular flexibility index (Phi) is 25.5. The topological polar surface area (TPSA) is 52.9 Å². The quantitative estimate of drug-likeness (QED) is 0.149. The molecule has 0 aliphatic heterocycles. The summed E-state index contributed by atoms with van der Waals surface area (Å²) in [5.41, 5.74) is 23.1. The van der Waals surface area contributed by atoms with Crippen molar-refractivity contribution in [2.24, 2.45) is 49.3 Å². The van der Waals surface area contributed by atoms with E-state index >= 15 is 0 Å². The lowest BCUT2D eigenvalue weighted by atomic mass is 10.1. The highest BCUT2D eigenvalue weighted by Gasteiger charge is 2.24. The molecule has 608 valence electrons.